The van der Waals surface area contributed by atoms with Crippen molar-refractivity contribution in [2.45, 2.75) is 26.5 Å². The number of benzene rings is 3. The Balaban J connectivity index is 1.41. The molecule has 0 spiro atoms. The summed E-state index contributed by atoms with van der Waals surface area (Å²) in [6, 6.07) is 15.6. The molecular weight excluding hydrogens is 672 g/mol. The fourth-order valence-corrected chi connectivity index (χ4v) is 6.79. The summed E-state index contributed by atoms with van der Waals surface area (Å²) in [5.74, 6) is 1.62. The summed E-state index contributed by atoms with van der Waals surface area (Å²) in [7, 11) is 1.56. The van der Waals surface area contributed by atoms with Gasteiger partial charge < -0.3 is 23.7 Å². The first kappa shape index (κ1) is 30.0. The molecule has 2 aliphatic heterocycles. The van der Waals surface area contributed by atoms with Gasteiger partial charge in [-0.1, -0.05) is 41.1 Å². The molecule has 44 heavy (non-hydrogen) atoms. The number of nitrogens with zero attached hydrogens (tertiary/aromatic N) is 2. The Labute approximate surface area is 269 Å². The molecule has 0 amide bonds. The predicted octanol–water partition coefficient (Wildman–Crippen LogP) is 5.53. The van der Waals surface area contributed by atoms with Crippen molar-refractivity contribution < 1.29 is 28.5 Å². The van der Waals surface area contributed by atoms with Crippen LogP contribution in [0.2, 0.25) is 5.02 Å². The number of carbonyl (C=O) groups excluding carboxylic acids is 1. The largest absolute Gasteiger partial charge is 0.493 e. The number of ether oxygens (including phenoxy) is 5. The number of esters is 1. The summed E-state index contributed by atoms with van der Waals surface area (Å²) < 4.78 is 30.8. The van der Waals surface area contributed by atoms with Gasteiger partial charge in [-0.3, -0.25) is 9.36 Å². The van der Waals surface area contributed by atoms with Gasteiger partial charge in [-0.25, -0.2) is 9.79 Å². The van der Waals surface area contributed by atoms with E-state index in [1.165, 1.54) is 15.9 Å². The minimum absolute atomic E-state index is 0.102. The molecule has 9 nitrogen and oxygen atoms in total. The molecule has 0 fully saturated rings. The number of allylic oxidation sites excluding steroid dienone is 1. The van der Waals surface area contributed by atoms with Crippen molar-refractivity contribution >= 4 is 50.9 Å². The molecule has 0 aliphatic carbocycles. The molecule has 2 aliphatic rings. The van der Waals surface area contributed by atoms with E-state index >= 15 is 0 Å². The second-order valence-electron chi connectivity index (χ2n) is 9.86. The van der Waals surface area contributed by atoms with Gasteiger partial charge in [-0.15, -0.1) is 0 Å². The summed E-state index contributed by atoms with van der Waals surface area (Å²) in [6.07, 6.45) is 1.76. The first-order valence-corrected chi connectivity index (χ1v) is 15.6. The SMILES string of the molecule is CCOC(=O)C1=C(C)N=c2s/c(=C\c3cc(Br)c(OCc4ccc(Cl)cc4)c(OC)c3)c(=O)n2[C@@H]1c1ccc2c(c1)OCO2. The van der Waals surface area contributed by atoms with Crippen LogP contribution in [0.25, 0.3) is 6.08 Å². The molecule has 3 aromatic carbocycles. The van der Waals surface area contributed by atoms with E-state index in [4.69, 9.17) is 35.3 Å². The number of carbonyl (C=O) groups is 1. The zero-order valence-electron chi connectivity index (χ0n) is 23.9. The van der Waals surface area contributed by atoms with E-state index in [1.54, 1.807) is 57.4 Å². The number of aromatic nitrogens is 1. The van der Waals surface area contributed by atoms with Crippen molar-refractivity contribution in [3.05, 3.63) is 112 Å². The van der Waals surface area contributed by atoms with Crippen LogP contribution in [0.15, 0.2) is 80.1 Å². The molecule has 226 valence electrons. The van der Waals surface area contributed by atoms with Crippen LogP contribution in [0, 0.1) is 0 Å². The van der Waals surface area contributed by atoms with Gasteiger partial charge in [-0.05, 0) is 88.9 Å². The summed E-state index contributed by atoms with van der Waals surface area (Å²) in [6.45, 7) is 4.08. The van der Waals surface area contributed by atoms with Crippen molar-refractivity contribution in [1.82, 2.24) is 4.57 Å². The second kappa shape index (κ2) is 12.5. The predicted molar refractivity (Wildman–Crippen MR) is 169 cm³/mol. The Morgan fingerprint density at radius 2 is 1.93 bits per heavy atom. The molecule has 0 bridgehead atoms. The Kier molecular flexibility index (Phi) is 8.53. The Morgan fingerprint density at radius 1 is 1.16 bits per heavy atom. The van der Waals surface area contributed by atoms with Crippen molar-refractivity contribution in [3.63, 3.8) is 0 Å². The van der Waals surface area contributed by atoms with Crippen LogP contribution in [-0.2, 0) is 16.1 Å². The molecule has 6 rings (SSSR count). The highest BCUT2D eigenvalue weighted by molar-refractivity contribution is 9.10. The molecule has 12 heteroatoms. The topological polar surface area (TPSA) is 97.6 Å². The third kappa shape index (κ3) is 5.74. The highest BCUT2D eigenvalue weighted by Gasteiger charge is 2.34. The van der Waals surface area contributed by atoms with Crippen molar-refractivity contribution in [3.8, 4) is 23.0 Å². The highest BCUT2D eigenvalue weighted by atomic mass is 79.9. The maximum Gasteiger partial charge on any atom is 0.338 e. The number of rotatable bonds is 8. The fraction of sp³-hybridized carbons (Fsp3) is 0.219. The molecule has 1 aromatic heterocycles. The van der Waals surface area contributed by atoms with Crippen LogP contribution >= 0.6 is 38.9 Å². The third-order valence-corrected chi connectivity index (χ3v) is 8.90. The summed E-state index contributed by atoms with van der Waals surface area (Å²) in [5.41, 5.74) is 2.79. The number of fused-ring (bicyclic) bond motifs is 2. The molecule has 3 heterocycles. The first-order valence-electron chi connectivity index (χ1n) is 13.6. The van der Waals surface area contributed by atoms with E-state index in [-0.39, 0.29) is 24.5 Å². The average Bonchev–Trinajstić information content (AvgIpc) is 3.60. The van der Waals surface area contributed by atoms with Gasteiger partial charge in [0.25, 0.3) is 5.56 Å². The van der Waals surface area contributed by atoms with Crippen LogP contribution in [0.1, 0.15) is 36.6 Å². The van der Waals surface area contributed by atoms with Crippen LogP contribution < -0.4 is 33.8 Å². The Hall–Kier alpha value is -4.06. The number of hydrogen-bond donors (Lipinski definition) is 0. The molecule has 0 unspecified atom stereocenters. The van der Waals surface area contributed by atoms with Gasteiger partial charge in [0.05, 0.1) is 40.0 Å². The van der Waals surface area contributed by atoms with Gasteiger partial charge in [-0.2, -0.15) is 0 Å². The quantitative estimate of drug-likeness (QED) is 0.224. The van der Waals surface area contributed by atoms with Crippen LogP contribution in [0.5, 0.6) is 23.0 Å². The number of thiazole rings is 1. The molecule has 0 saturated heterocycles. The van der Waals surface area contributed by atoms with E-state index in [0.29, 0.717) is 65.3 Å². The third-order valence-electron chi connectivity index (χ3n) is 7.08. The van der Waals surface area contributed by atoms with Crippen molar-refractivity contribution in [2.75, 3.05) is 20.5 Å². The normalized spacial score (nSPS) is 15.6. The van der Waals surface area contributed by atoms with Gasteiger partial charge in [0.15, 0.2) is 27.8 Å². The maximum atomic E-state index is 14.0. The Morgan fingerprint density at radius 3 is 2.68 bits per heavy atom. The van der Waals surface area contributed by atoms with Crippen LogP contribution in [0.3, 0.4) is 0 Å². The lowest BCUT2D eigenvalue weighted by Gasteiger charge is -2.24. The molecule has 4 aromatic rings. The fourth-order valence-electron chi connectivity index (χ4n) is 5.04. The minimum Gasteiger partial charge on any atom is -0.493 e. The van der Waals surface area contributed by atoms with Crippen LogP contribution in [0.4, 0.5) is 0 Å². The number of methoxy groups -OCH3 is 1. The minimum atomic E-state index is -0.771. The molecular formula is C32H26BrClN2O7S. The summed E-state index contributed by atoms with van der Waals surface area (Å²) in [4.78, 5) is 32.3. The van der Waals surface area contributed by atoms with Gasteiger partial charge >= 0.3 is 5.97 Å². The maximum absolute atomic E-state index is 14.0. The van der Waals surface area contributed by atoms with Crippen LogP contribution in [-0.4, -0.2) is 31.0 Å². The van der Waals surface area contributed by atoms with Crippen molar-refractivity contribution in [2.24, 2.45) is 4.99 Å². The van der Waals surface area contributed by atoms with Crippen molar-refractivity contribution in [1.29, 1.82) is 0 Å². The lowest BCUT2D eigenvalue weighted by atomic mass is 9.95. The number of halogens is 2. The smallest absolute Gasteiger partial charge is 0.338 e. The monoisotopic (exact) mass is 696 g/mol. The summed E-state index contributed by atoms with van der Waals surface area (Å²) in [5, 5.41) is 0.650. The summed E-state index contributed by atoms with van der Waals surface area (Å²) >= 11 is 10.8. The van der Waals surface area contributed by atoms with Gasteiger partial charge in [0.2, 0.25) is 6.79 Å². The lowest BCUT2D eigenvalue weighted by Crippen LogP contribution is -2.39. The van der Waals surface area contributed by atoms with E-state index in [0.717, 1.165) is 5.56 Å². The number of hydrogen-bond acceptors (Lipinski definition) is 9. The zero-order valence-corrected chi connectivity index (χ0v) is 27.0. The standard InChI is InChI=1S/C32H26BrClN2O7S/c1-4-40-31(38)27-17(2)35-32-36(28(27)20-7-10-23-24(14-20)43-16-42-23)30(37)26(44-32)13-19-11-22(33)29(25(12-19)39-3)41-15-18-5-8-21(34)9-6-18/h5-14,28H,4,15-16H2,1-3H3/b26-13-/t28-/m1/s1. The van der Waals surface area contributed by atoms with E-state index < -0.39 is 12.0 Å². The average molecular weight is 698 g/mol. The highest BCUT2D eigenvalue weighted by Crippen LogP contribution is 2.39. The van der Waals surface area contributed by atoms with Gasteiger partial charge in [0, 0.05) is 5.02 Å². The van der Waals surface area contributed by atoms with E-state index in [9.17, 15) is 9.59 Å². The van der Waals surface area contributed by atoms with E-state index in [1.807, 2.05) is 24.3 Å². The molecule has 0 radical (unpaired) electrons. The Bertz CT molecular complexity index is 1990. The first-order chi connectivity index (χ1) is 21.3. The molecule has 1 atom stereocenters. The second-order valence-corrected chi connectivity index (χ2v) is 12.2. The zero-order chi connectivity index (χ0) is 31.0. The van der Waals surface area contributed by atoms with Gasteiger partial charge in [0.1, 0.15) is 6.61 Å². The lowest BCUT2D eigenvalue weighted by molar-refractivity contribution is -0.139. The van der Waals surface area contributed by atoms with E-state index in [2.05, 4.69) is 20.9 Å². The molecule has 0 saturated carbocycles. The molecule has 0 N–H and O–H groups in total.